The van der Waals surface area contributed by atoms with E-state index in [-0.39, 0.29) is 5.82 Å². The zero-order chi connectivity index (χ0) is 11.8. The van der Waals surface area contributed by atoms with Crippen molar-refractivity contribution >= 4 is 27.7 Å². The highest BCUT2D eigenvalue weighted by molar-refractivity contribution is 9.10. The summed E-state index contributed by atoms with van der Waals surface area (Å²) in [5.74, 6) is 2.18. The van der Waals surface area contributed by atoms with E-state index in [1.165, 1.54) is 11.5 Å². The lowest BCUT2D eigenvalue weighted by Crippen LogP contribution is -2.15. The molecule has 4 heteroatoms. The molecule has 1 rings (SSSR count). The lowest BCUT2D eigenvalue weighted by Gasteiger charge is -2.05. The third kappa shape index (κ3) is 5.32. The molecule has 1 nitrogen and oxygen atoms in total. The van der Waals surface area contributed by atoms with E-state index < -0.39 is 0 Å². The van der Waals surface area contributed by atoms with Crippen LogP contribution in [0.2, 0.25) is 0 Å². The Morgan fingerprint density at radius 1 is 1.44 bits per heavy atom. The third-order valence-electron chi connectivity index (χ3n) is 2.16. The second-order valence-corrected chi connectivity index (χ2v) is 5.72. The van der Waals surface area contributed by atoms with Crippen molar-refractivity contribution in [3.63, 3.8) is 0 Å². The number of hydrogen-bond donors (Lipinski definition) is 1. The van der Waals surface area contributed by atoms with Crippen molar-refractivity contribution in [1.29, 1.82) is 0 Å². The number of hydrogen-bond acceptors (Lipinski definition) is 2. The van der Waals surface area contributed by atoms with Crippen molar-refractivity contribution in [3.8, 4) is 0 Å². The van der Waals surface area contributed by atoms with Gasteiger partial charge in [0.1, 0.15) is 5.82 Å². The predicted octanol–water partition coefficient (Wildman–Crippen LogP) is 3.82. The van der Waals surface area contributed by atoms with E-state index in [2.05, 4.69) is 28.2 Å². The quantitative estimate of drug-likeness (QED) is 0.769. The summed E-state index contributed by atoms with van der Waals surface area (Å²) in [5, 5.41) is 3.31. The highest BCUT2D eigenvalue weighted by Crippen LogP contribution is 2.16. The van der Waals surface area contributed by atoms with Gasteiger partial charge in [-0.15, -0.1) is 0 Å². The molecular formula is C12H17BrFNS. The first-order valence-corrected chi connectivity index (χ1v) is 7.41. The fourth-order valence-electron chi connectivity index (χ4n) is 1.33. The molecule has 0 amide bonds. The van der Waals surface area contributed by atoms with E-state index in [0.29, 0.717) is 4.47 Å². The maximum absolute atomic E-state index is 13.2. The summed E-state index contributed by atoms with van der Waals surface area (Å²) >= 11 is 5.09. The minimum absolute atomic E-state index is 0.194. The molecule has 0 radical (unpaired) electrons. The number of halogens is 2. The lowest BCUT2D eigenvalue weighted by atomic mass is 10.2. The molecule has 0 spiro atoms. The fraction of sp³-hybridized carbons (Fsp3) is 0.500. The van der Waals surface area contributed by atoms with E-state index in [1.54, 1.807) is 12.1 Å². The molecule has 1 N–H and O–H groups in total. The summed E-state index contributed by atoms with van der Waals surface area (Å²) in [6.07, 6.45) is 1.16. The molecule has 0 aliphatic carbocycles. The summed E-state index contributed by atoms with van der Waals surface area (Å²) in [7, 11) is 0. The van der Waals surface area contributed by atoms with Gasteiger partial charge in [-0.1, -0.05) is 13.0 Å². The average molecular weight is 306 g/mol. The van der Waals surface area contributed by atoms with Crippen LogP contribution in [-0.2, 0) is 6.54 Å². The minimum atomic E-state index is -0.194. The van der Waals surface area contributed by atoms with Gasteiger partial charge in [-0.2, -0.15) is 11.8 Å². The summed E-state index contributed by atoms with van der Waals surface area (Å²) in [6, 6.07) is 5.25. The molecule has 0 saturated heterocycles. The Labute approximate surface area is 109 Å². The van der Waals surface area contributed by atoms with E-state index in [4.69, 9.17) is 0 Å². The van der Waals surface area contributed by atoms with Crippen LogP contribution in [0.4, 0.5) is 4.39 Å². The first-order valence-electron chi connectivity index (χ1n) is 5.46. The zero-order valence-corrected chi connectivity index (χ0v) is 11.8. The summed E-state index contributed by atoms with van der Waals surface area (Å²) in [6.45, 7) is 3.90. The third-order valence-corrected chi connectivity index (χ3v) is 3.79. The Bertz CT molecular complexity index is 320. The molecule has 16 heavy (non-hydrogen) atoms. The minimum Gasteiger partial charge on any atom is -0.313 e. The molecule has 0 aliphatic heterocycles. The van der Waals surface area contributed by atoms with Crippen molar-refractivity contribution in [3.05, 3.63) is 34.1 Å². The molecule has 0 aromatic heterocycles. The number of benzene rings is 1. The van der Waals surface area contributed by atoms with Crippen molar-refractivity contribution in [2.75, 3.05) is 18.1 Å². The molecule has 0 bridgehead atoms. The molecular weight excluding hydrogens is 289 g/mol. The summed E-state index contributed by atoms with van der Waals surface area (Å²) < 4.78 is 13.7. The maximum Gasteiger partial charge on any atom is 0.137 e. The van der Waals surface area contributed by atoms with E-state index in [1.807, 2.05) is 17.8 Å². The average Bonchev–Trinajstić information content (AvgIpc) is 2.28. The van der Waals surface area contributed by atoms with Crippen LogP contribution in [0.25, 0.3) is 0 Å². The SMILES string of the molecule is CCSCCCNCc1ccc(Br)c(F)c1. The zero-order valence-electron chi connectivity index (χ0n) is 9.43. The second-order valence-electron chi connectivity index (χ2n) is 3.48. The molecule has 90 valence electrons. The van der Waals surface area contributed by atoms with Crippen molar-refractivity contribution in [1.82, 2.24) is 5.32 Å². The van der Waals surface area contributed by atoms with Crippen LogP contribution in [0.1, 0.15) is 18.9 Å². The Morgan fingerprint density at radius 3 is 2.94 bits per heavy atom. The normalized spacial score (nSPS) is 10.7. The van der Waals surface area contributed by atoms with Crippen LogP contribution < -0.4 is 5.32 Å². The molecule has 0 saturated carbocycles. The highest BCUT2D eigenvalue weighted by Gasteiger charge is 1.99. The Morgan fingerprint density at radius 2 is 2.25 bits per heavy atom. The summed E-state index contributed by atoms with van der Waals surface area (Å²) in [4.78, 5) is 0. The maximum atomic E-state index is 13.2. The van der Waals surface area contributed by atoms with Gasteiger partial charge in [-0.3, -0.25) is 0 Å². The number of rotatable bonds is 7. The van der Waals surface area contributed by atoms with Crippen LogP contribution in [0.5, 0.6) is 0 Å². The van der Waals surface area contributed by atoms with Crippen molar-refractivity contribution in [2.24, 2.45) is 0 Å². The first kappa shape index (κ1) is 14.0. The smallest absolute Gasteiger partial charge is 0.137 e. The lowest BCUT2D eigenvalue weighted by molar-refractivity contribution is 0.613. The molecule has 0 unspecified atom stereocenters. The van der Waals surface area contributed by atoms with Gasteiger partial charge in [0.05, 0.1) is 4.47 Å². The van der Waals surface area contributed by atoms with Gasteiger partial charge in [-0.05, 0) is 58.1 Å². The van der Waals surface area contributed by atoms with E-state index in [0.717, 1.165) is 25.1 Å². The molecule has 0 fully saturated rings. The Balaban J connectivity index is 2.19. The van der Waals surface area contributed by atoms with Crippen LogP contribution in [-0.4, -0.2) is 18.1 Å². The van der Waals surface area contributed by atoms with Gasteiger partial charge in [0.15, 0.2) is 0 Å². The van der Waals surface area contributed by atoms with Crippen LogP contribution in [0.3, 0.4) is 0 Å². The number of nitrogens with one attached hydrogen (secondary N) is 1. The standard InChI is InChI=1S/C12H17BrFNS/c1-2-16-7-3-6-15-9-10-4-5-11(13)12(14)8-10/h4-5,8,15H,2-3,6-7,9H2,1H3. The van der Waals surface area contributed by atoms with Crippen molar-refractivity contribution < 1.29 is 4.39 Å². The molecule has 1 aromatic rings. The van der Waals surface area contributed by atoms with Crippen LogP contribution in [0.15, 0.2) is 22.7 Å². The second kappa shape index (κ2) is 8.09. The predicted molar refractivity (Wildman–Crippen MR) is 73.4 cm³/mol. The van der Waals surface area contributed by atoms with Gasteiger partial charge in [0, 0.05) is 6.54 Å². The highest BCUT2D eigenvalue weighted by atomic mass is 79.9. The van der Waals surface area contributed by atoms with Gasteiger partial charge in [0.2, 0.25) is 0 Å². The topological polar surface area (TPSA) is 12.0 Å². The molecule has 0 heterocycles. The molecule has 0 atom stereocenters. The van der Waals surface area contributed by atoms with E-state index in [9.17, 15) is 4.39 Å². The van der Waals surface area contributed by atoms with Gasteiger partial charge < -0.3 is 5.32 Å². The van der Waals surface area contributed by atoms with Crippen molar-refractivity contribution in [2.45, 2.75) is 19.9 Å². The Kier molecular flexibility index (Phi) is 7.08. The Hall–Kier alpha value is -0.0600. The molecule has 0 aliphatic rings. The molecule has 1 aromatic carbocycles. The summed E-state index contributed by atoms with van der Waals surface area (Å²) in [5.41, 5.74) is 0.990. The number of thioether (sulfide) groups is 1. The first-order chi connectivity index (χ1) is 7.74. The fourth-order valence-corrected chi connectivity index (χ4v) is 2.21. The van der Waals surface area contributed by atoms with Gasteiger partial charge in [0.25, 0.3) is 0 Å². The van der Waals surface area contributed by atoms with Gasteiger partial charge >= 0.3 is 0 Å². The van der Waals surface area contributed by atoms with Crippen LogP contribution in [0, 0.1) is 5.82 Å². The van der Waals surface area contributed by atoms with Crippen LogP contribution >= 0.6 is 27.7 Å². The largest absolute Gasteiger partial charge is 0.313 e. The monoisotopic (exact) mass is 305 g/mol. The van der Waals surface area contributed by atoms with Gasteiger partial charge in [-0.25, -0.2) is 4.39 Å². The van der Waals surface area contributed by atoms with E-state index >= 15 is 0 Å².